The van der Waals surface area contributed by atoms with Gasteiger partial charge in [-0.3, -0.25) is 0 Å². The number of nitrogens with one attached hydrogen (secondary N) is 1. The first-order chi connectivity index (χ1) is 12.7. The zero-order valence-electron chi connectivity index (χ0n) is 14.8. The summed E-state index contributed by atoms with van der Waals surface area (Å²) in [4.78, 5) is 4.28. The lowest BCUT2D eigenvalue weighted by Gasteiger charge is -2.25. The Balaban J connectivity index is 1.36. The molecule has 0 unspecified atom stereocenters. The predicted octanol–water partition coefficient (Wildman–Crippen LogP) is 2.55. The maximum Gasteiger partial charge on any atom is 0.160 e. The molecule has 0 radical (unpaired) electrons. The minimum Gasteiger partial charge on any atom is -0.497 e. The molecule has 0 saturated carbocycles. The molecule has 1 atom stereocenters. The van der Waals surface area contributed by atoms with Crippen LogP contribution in [0.4, 0.5) is 5.82 Å². The average molecular weight is 351 g/mol. The van der Waals surface area contributed by atoms with Gasteiger partial charge in [0.15, 0.2) is 5.82 Å². The van der Waals surface area contributed by atoms with Crippen molar-refractivity contribution in [1.82, 2.24) is 19.7 Å². The highest BCUT2D eigenvalue weighted by Crippen LogP contribution is 2.31. The molecule has 3 heterocycles. The number of methoxy groups -OCH3 is 1. The first kappa shape index (κ1) is 16.4. The summed E-state index contributed by atoms with van der Waals surface area (Å²) in [5.74, 6) is 3.68. The van der Waals surface area contributed by atoms with E-state index in [9.17, 15) is 0 Å². The van der Waals surface area contributed by atoms with Gasteiger partial charge in [-0.1, -0.05) is 6.07 Å². The number of imidazole rings is 1. The Morgan fingerprint density at radius 2 is 2.19 bits per heavy atom. The third-order valence-corrected chi connectivity index (χ3v) is 4.54. The van der Waals surface area contributed by atoms with Crippen molar-refractivity contribution < 1.29 is 9.47 Å². The second-order valence-electron chi connectivity index (χ2n) is 6.40. The lowest BCUT2D eigenvalue weighted by molar-refractivity contribution is 0.228. The Bertz CT molecular complexity index is 891. The van der Waals surface area contributed by atoms with E-state index in [1.807, 2.05) is 42.1 Å². The van der Waals surface area contributed by atoms with Gasteiger partial charge in [0.2, 0.25) is 0 Å². The molecule has 1 aromatic carbocycles. The van der Waals surface area contributed by atoms with Crippen molar-refractivity contribution in [2.24, 2.45) is 13.0 Å². The number of hydrogen-bond donors (Lipinski definition) is 1. The van der Waals surface area contributed by atoms with Crippen molar-refractivity contribution in [1.29, 1.82) is 0 Å². The van der Waals surface area contributed by atoms with Crippen LogP contribution >= 0.6 is 0 Å². The normalized spacial score (nSPS) is 15.8. The fourth-order valence-electron chi connectivity index (χ4n) is 3.08. The molecule has 1 aliphatic heterocycles. The molecule has 1 aliphatic rings. The van der Waals surface area contributed by atoms with Gasteiger partial charge in [-0.25, -0.2) is 4.98 Å². The third-order valence-electron chi connectivity index (χ3n) is 4.54. The third kappa shape index (κ3) is 3.33. The lowest BCUT2D eigenvalue weighted by atomic mass is 9.96. The first-order valence-corrected chi connectivity index (χ1v) is 8.58. The summed E-state index contributed by atoms with van der Waals surface area (Å²) < 4.78 is 13.0. The van der Waals surface area contributed by atoms with Gasteiger partial charge < -0.3 is 19.4 Å². The molecule has 0 aliphatic carbocycles. The van der Waals surface area contributed by atoms with Gasteiger partial charge in [0, 0.05) is 38.0 Å². The summed E-state index contributed by atoms with van der Waals surface area (Å²) in [5, 5.41) is 11.9. The predicted molar refractivity (Wildman–Crippen MR) is 98.4 cm³/mol. The summed E-state index contributed by atoms with van der Waals surface area (Å²) in [5.41, 5.74) is 1.96. The van der Waals surface area contributed by atoms with Gasteiger partial charge in [0.05, 0.1) is 13.7 Å². The molecular weight excluding hydrogens is 330 g/mol. The minimum atomic E-state index is 0.381. The van der Waals surface area contributed by atoms with E-state index < -0.39 is 0 Å². The van der Waals surface area contributed by atoms with E-state index in [4.69, 9.17) is 9.47 Å². The van der Waals surface area contributed by atoms with E-state index in [-0.39, 0.29) is 0 Å². The highest BCUT2D eigenvalue weighted by atomic mass is 16.5. The molecule has 7 heteroatoms. The fraction of sp³-hybridized carbons (Fsp3) is 0.316. The number of rotatable bonds is 5. The van der Waals surface area contributed by atoms with Gasteiger partial charge in [-0.15, -0.1) is 10.2 Å². The van der Waals surface area contributed by atoms with Gasteiger partial charge in [0.25, 0.3) is 0 Å². The van der Waals surface area contributed by atoms with Gasteiger partial charge >= 0.3 is 0 Å². The van der Waals surface area contributed by atoms with E-state index in [2.05, 4.69) is 26.6 Å². The molecule has 7 nitrogen and oxygen atoms in total. The Hall–Kier alpha value is -3.09. The molecule has 0 fully saturated rings. The summed E-state index contributed by atoms with van der Waals surface area (Å²) in [6.45, 7) is 1.45. The largest absolute Gasteiger partial charge is 0.497 e. The number of fused-ring (bicyclic) bond motifs is 1. The van der Waals surface area contributed by atoms with Gasteiger partial charge in [-0.2, -0.15) is 0 Å². The van der Waals surface area contributed by atoms with E-state index >= 15 is 0 Å². The van der Waals surface area contributed by atoms with Crippen molar-refractivity contribution >= 4 is 5.82 Å². The van der Waals surface area contributed by atoms with Crippen molar-refractivity contribution in [3.63, 3.8) is 0 Å². The summed E-state index contributed by atoms with van der Waals surface area (Å²) in [6.07, 6.45) is 4.60. The quantitative estimate of drug-likeness (QED) is 0.761. The smallest absolute Gasteiger partial charge is 0.160 e. The van der Waals surface area contributed by atoms with Crippen LogP contribution in [0.25, 0.3) is 11.5 Å². The highest BCUT2D eigenvalue weighted by Gasteiger charge is 2.20. The van der Waals surface area contributed by atoms with E-state index in [0.717, 1.165) is 41.8 Å². The SMILES string of the molecule is COc1ccc2c(c1)OC[C@H](CNc1ccc(-c3nccn3C)nn1)C2. The molecule has 4 rings (SSSR count). The number of benzene rings is 1. The molecule has 0 saturated heterocycles. The second-order valence-corrected chi connectivity index (χ2v) is 6.40. The number of ether oxygens (including phenoxy) is 2. The monoisotopic (exact) mass is 351 g/mol. The average Bonchev–Trinajstić information content (AvgIpc) is 3.12. The standard InChI is InChI=1S/C19H21N5O2/c1-24-8-7-20-19(24)16-5-6-18(23-22-16)21-11-13-9-14-3-4-15(25-2)10-17(14)26-12-13/h3-8,10,13H,9,11-12H2,1-2H3,(H,21,23)/t13-/m0/s1. The van der Waals surface area contributed by atoms with Gasteiger partial charge in [-0.05, 0) is 30.2 Å². The molecule has 1 N–H and O–H groups in total. The Kier molecular flexibility index (Phi) is 4.43. The van der Waals surface area contributed by atoms with E-state index in [1.165, 1.54) is 5.56 Å². The van der Waals surface area contributed by atoms with Crippen molar-refractivity contribution in [2.75, 3.05) is 25.6 Å². The van der Waals surface area contributed by atoms with Crippen LogP contribution in [-0.4, -0.2) is 40.0 Å². The molecule has 26 heavy (non-hydrogen) atoms. The van der Waals surface area contributed by atoms with Crippen LogP contribution in [0.5, 0.6) is 11.5 Å². The number of aryl methyl sites for hydroxylation is 1. The maximum atomic E-state index is 5.88. The van der Waals surface area contributed by atoms with Crippen LogP contribution in [0.15, 0.2) is 42.7 Å². The molecule has 0 bridgehead atoms. The van der Waals surface area contributed by atoms with Crippen molar-refractivity contribution in [3.05, 3.63) is 48.3 Å². The second kappa shape index (κ2) is 7.03. The zero-order valence-corrected chi connectivity index (χ0v) is 14.8. The van der Waals surface area contributed by atoms with E-state index in [1.54, 1.807) is 13.3 Å². The van der Waals surface area contributed by atoms with Gasteiger partial charge in [0.1, 0.15) is 23.0 Å². The molecule has 3 aromatic rings. The summed E-state index contributed by atoms with van der Waals surface area (Å²) in [6, 6.07) is 9.85. The van der Waals surface area contributed by atoms with Crippen LogP contribution in [0.3, 0.4) is 0 Å². The topological polar surface area (TPSA) is 74.1 Å². The van der Waals surface area contributed by atoms with Crippen LogP contribution in [0.1, 0.15) is 5.56 Å². The Morgan fingerprint density at radius 1 is 1.27 bits per heavy atom. The van der Waals surface area contributed by atoms with Crippen molar-refractivity contribution in [3.8, 4) is 23.0 Å². The number of aromatic nitrogens is 4. The molecule has 0 amide bonds. The zero-order chi connectivity index (χ0) is 17.9. The maximum absolute atomic E-state index is 5.88. The molecule has 134 valence electrons. The van der Waals surface area contributed by atoms with Crippen LogP contribution in [0.2, 0.25) is 0 Å². The Morgan fingerprint density at radius 3 is 2.92 bits per heavy atom. The molecule has 2 aromatic heterocycles. The van der Waals surface area contributed by atoms with Crippen LogP contribution in [-0.2, 0) is 13.5 Å². The summed E-state index contributed by atoms with van der Waals surface area (Å²) in [7, 11) is 3.60. The number of nitrogens with zero attached hydrogens (tertiary/aromatic N) is 4. The molecular formula is C19H21N5O2. The first-order valence-electron chi connectivity index (χ1n) is 8.58. The van der Waals surface area contributed by atoms with E-state index in [0.29, 0.717) is 12.5 Å². The van der Waals surface area contributed by atoms with Crippen LogP contribution in [0, 0.1) is 5.92 Å². The number of hydrogen-bond acceptors (Lipinski definition) is 6. The van der Waals surface area contributed by atoms with Crippen LogP contribution < -0.4 is 14.8 Å². The van der Waals surface area contributed by atoms with Crippen molar-refractivity contribution in [2.45, 2.75) is 6.42 Å². The molecule has 0 spiro atoms. The minimum absolute atomic E-state index is 0.381. The number of anilines is 1. The summed E-state index contributed by atoms with van der Waals surface area (Å²) >= 11 is 0. The fourth-order valence-corrected chi connectivity index (χ4v) is 3.08. The highest BCUT2D eigenvalue weighted by molar-refractivity contribution is 5.51. The Labute approximate surface area is 152 Å². The lowest BCUT2D eigenvalue weighted by Crippen LogP contribution is -2.27.